The highest BCUT2D eigenvalue weighted by molar-refractivity contribution is 6.34. The molecule has 1 fully saturated rings. The minimum absolute atomic E-state index is 0.129. The van der Waals surface area contributed by atoms with Gasteiger partial charge in [0.15, 0.2) is 0 Å². The largest absolute Gasteiger partial charge is 0.350 e. The van der Waals surface area contributed by atoms with Crippen molar-refractivity contribution in [3.05, 3.63) is 101 Å². The van der Waals surface area contributed by atoms with Crippen LogP contribution in [0.15, 0.2) is 72.8 Å². The molecule has 0 radical (unpaired) electrons. The first kappa shape index (κ1) is 22.0. The third kappa shape index (κ3) is 4.13. The van der Waals surface area contributed by atoms with Crippen molar-refractivity contribution < 1.29 is 14.4 Å². The van der Waals surface area contributed by atoms with Gasteiger partial charge < -0.3 is 5.32 Å². The molecule has 172 valence electrons. The molecule has 0 aliphatic carbocycles. The third-order valence-corrected chi connectivity index (χ3v) is 6.68. The number of likely N-dealkylation sites (tertiary alicyclic amines) is 1. The van der Waals surface area contributed by atoms with Crippen LogP contribution in [-0.2, 0) is 0 Å². The van der Waals surface area contributed by atoms with Crippen LogP contribution in [0.1, 0.15) is 61.1 Å². The Morgan fingerprint density at radius 1 is 0.853 bits per heavy atom. The quantitative estimate of drug-likeness (QED) is 0.563. The molecule has 3 amide bonds. The minimum Gasteiger partial charge on any atom is -0.350 e. The average molecular weight is 454 g/mol. The maximum atomic E-state index is 12.9. The lowest BCUT2D eigenvalue weighted by Gasteiger charge is -2.28. The number of anilines is 1. The molecular weight excluding hydrogens is 426 g/mol. The summed E-state index contributed by atoms with van der Waals surface area (Å²) in [6.07, 6.45) is 2.35. The molecule has 2 aliphatic rings. The molecule has 1 N–H and O–H groups in total. The van der Waals surface area contributed by atoms with Crippen LogP contribution in [-0.4, -0.2) is 42.3 Å². The number of amides is 3. The van der Waals surface area contributed by atoms with E-state index in [4.69, 9.17) is 0 Å². The summed E-state index contributed by atoms with van der Waals surface area (Å²) in [4.78, 5) is 41.9. The van der Waals surface area contributed by atoms with Gasteiger partial charge in [-0.25, -0.2) is 4.90 Å². The smallest absolute Gasteiger partial charge is 0.266 e. The van der Waals surface area contributed by atoms with E-state index < -0.39 is 0 Å². The summed E-state index contributed by atoms with van der Waals surface area (Å²) in [7, 11) is 0. The van der Waals surface area contributed by atoms with Crippen LogP contribution in [0.4, 0.5) is 5.69 Å². The van der Waals surface area contributed by atoms with E-state index in [-0.39, 0.29) is 23.8 Å². The Balaban J connectivity index is 1.28. The lowest BCUT2D eigenvalue weighted by Crippen LogP contribution is -2.36. The molecule has 3 aromatic carbocycles. The monoisotopic (exact) mass is 453 g/mol. The van der Waals surface area contributed by atoms with E-state index in [1.165, 1.54) is 24.0 Å². The van der Waals surface area contributed by atoms with Crippen LogP contribution in [0, 0.1) is 6.92 Å². The minimum atomic E-state index is -0.343. The Morgan fingerprint density at radius 3 is 2.03 bits per heavy atom. The zero-order valence-corrected chi connectivity index (χ0v) is 19.2. The van der Waals surface area contributed by atoms with Gasteiger partial charge in [-0.15, -0.1) is 0 Å². The van der Waals surface area contributed by atoms with Crippen LogP contribution in [0.25, 0.3) is 0 Å². The molecule has 2 aliphatic heterocycles. The Labute approximate surface area is 199 Å². The number of nitrogens with one attached hydrogen (secondary N) is 1. The van der Waals surface area contributed by atoms with Crippen molar-refractivity contribution in [3.8, 4) is 0 Å². The maximum Gasteiger partial charge on any atom is 0.266 e. The highest BCUT2D eigenvalue weighted by atomic mass is 16.2. The second-order valence-electron chi connectivity index (χ2n) is 8.92. The van der Waals surface area contributed by atoms with E-state index in [0.717, 1.165) is 18.0 Å². The van der Waals surface area contributed by atoms with E-state index in [1.807, 2.05) is 0 Å². The Hall–Kier alpha value is -3.77. The number of rotatable bonds is 6. The fourth-order valence-electron chi connectivity index (χ4n) is 4.78. The van der Waals surface area contributed by atoms with E-state index in [0.29, 0.717) is 28.9 Å². The average Bonchev–Trinajstić information content (AvgIpc) is 3.48. The van der Waals surface area contributed by atoms with Crippen molar-refractivity contribution in [1.29, 1.82) is 0 Å². The van der Waals surface area contributed by atoms with Gasteiger partial charge in [-0.2, -0.15) is 0 Å². The summed E-state index contributed by atoms with van der Waals surface area (Å²) in [5.41, 5.74) is 4.17. The summed E-state index contributed by atoms with van der Waals surface area (Å²) >= 11 is 0. The topological polar surface area (TPSA) is 69.7 Å². The zero-order valence-electron chi connectivity index (χ0n) is 19.2. The lowest BCUT2D eigenvalue weighted by molar-refractivity contribution is 0.0921. The van der Waals surface area contributed by atoms with Gasteiger partial charge in [-0.1, -0.05) is 42.0 Å². The number of carbonyl (C=O) groups excluding carboxylic acids is 3. The number of aryl methyl sites for hydroxylation is 1. The number of benzene rings is 3. The Kier molecular flexibility index (Phi) is 5.99. The van der Waals surface area contributed by atoms with Crippen molar-refractivity contribution >= 4 is 23.4 Å². The van der Waals surface area contributed by atoms with Crippen molar-refractivity contribution in [2.75, 3.05) is 24.5 Å². The molecule has 6 heteroatoms. The molecule has 6 nitrogen and oxygen atoms in total. The number of hydrogen-bond donors (Lipinski definition) is 1. The molecule has 3 aromatic rings. The summed E-state index contributed by atoms with van der Waals surface area (Å²) < 4.78 is 0. The second-order valence-corrected chi connectivity index (χ2v) is 8.92. The van der Waals surface area contributed by atoms with Crippen molar-refractivity contribution in [3.63, 3.8) is 0 Å². The fourth-order valence-corrected chi connectivity index (χ4v) is 4.78. The van der Waals surface area contributed by atoms with E-state index in [2.05, 4.69) is 41.4 Å². The van der Waals surface area contributed by atoms with Gasteiger partial charge in [-0.3, -0.25) is 19.3 Å². The number of nitrogens with zero attached hydrogens (tertiary/aromatic N) is 2. The lowest BCUT2D eigenvalue weighted by atomic mass is 10.0. The van der Waals surface area contributed by atoms with Gasteiger partial charge in [0.05, 0.1) is 22.9 Å². The standard InChI is InChI=1S/C28H27N3O3/c1-19-8-10-20(11-9-19)25(30-16-4-5-17-30)18-29-26(32)21-12-14-22(15-13-21)31-27(33)23-6-2-3-7-24(23)28(31)34/h2-3,6-15,25H,4-5,16-18H2,1H3,(H,29,32). The van der Waals surface area contributed by atoms with E-state index >= 15 is 0 Å². The predicted octanol–water partition coefficient (Wildman–Crippen LogP) is 4.36. The number of carbonyl (C=O) groups is 3. The van der Waals surface area contributed by atoms with Crippen LogP contribution >= 0.6 is 0 Å². The molecule has 1 unspecified atom stereocenters. The molecular formula is C28H27N3O3. The van der Waals surface area contributed by atoms with Gasteiger partial charge in [0.2, 0.25) is 0 Å². The molecule has 2 heterocycles. The maximum absolute atomic E-state index is 12.9. The van der Waals surface area contributed by atoms with E-state index in [1.54, 1.807) is 48.5 Å². The second kappa shape index (κ2) is 9.23. The molecule has 0 saturated carbocycles. The van der Waals surface area contributed by atoms with Crippen LogP contribution in [0.3, 0.4) is 0 Å². The number of fused-ring (bicyclic) bond motifs is 1. The van der Waals surface area contributed by atoms with Gasteiger partial charge in [0.25, 0.3) is 17.7 Å². The van der Waals surface area contributed by atoms with Crippen molar-refractivity contribution in [2.45, 2.75) is 25.8 Å². The Morgan fingerprint density at radius 2 is 1.44 bits per heavy atom. The zero-order chi connectivity index (χ0) is 23.7. The van der Waals surface area contributed by atoms with Gasteiger partial charge >= 0.3 is 0 Å². The SMILES string of the molecule is Cc1ccc(C(CNC(=O)c2ccc(N3C(=O)c4ccccc4C3=O)cc2)N2CCCC2)cc1. The third-order valence-electron chi connectivity index (χ3n) is 6.68. The predicted molar refractivity (Wildman–Crippen MR) is 131 cm³/mol. The normalized spacial score (nSPS) is 16.6. The van der Waals surface area contributed by atoms with Gasteiger partial charge in [0, 0.05) is 12.1 Å². The van der Waals surface area contributed by atoms with Crippen LogP contribution in [0.5, 0.6) is 0 Å². The van der Waals surface area contributed by atoms with Gasteiger partial charge in [-0.05, 0) is 74.8 Å². The molecule has 34 heavy (non-hydrogen) atoms. The van der Waals surface area contributed by atoms with Crippen molar-refractivity contribution in [2.24, 2.45) is 0 Å². The first-order valence-electron chi connectivity index (χ1n) is 11.7. The van der Waals surface area contributed by atoms with Crippen molar-refractivity contribution in [1.82, 2.24) is 10.2 Å². The van der Waals surface area contributed by atoms with Crippen LogP contribution < -0.4 is 10.2 Å². The number of hydrogen-bond acceptors (Lipinski definition) is 4. The Bertz CT molecular complexity index is 1190. The summed E-state index contributed by atoms with van der Waals surface area (Å²) in [6.45, 7) is 4.65. The summed E-state index contributed by atoms with van der Waals surface area (Å²) in [5, 5.41) is 3.08. The molecule has 1 atom stereocenters. The summed E-state index contributed by atoms with van der Waals surface area (Å²) in [6, 6.07) is 22.0. The first-order valence-corrected chi connectivity index (χ1v) is 11.7. The molecule has 0 aromatic heterocycles. The molecule has 1 saturated heterocycles. The fraction of sp³-hybridized carbons (Fsp3) is 0.250. The molecule has 0 bridgehead atoms. The molecule has 0 spiro atoms. The number of imide groups is 1. The highest BCUT2D eigenvalue weighted by Gasteiger charge is 2.36. The molecule has 5 rings (SSSR count). The summed E-state index contributed by atoms with van der Waals surface area (Å²) in [5.74, 6) is -0.862. The highest BCUT2D eigenvalue weighted by Crippen LogP contribution is 2.29. The van der Waals surface area contributed by atoms with E-state index in [9.17, 15) is 14.4 Å². The first-order chi connectivity index (χ1) is 16.5. The van der Waals surface area contributed by atoms with Gasteiger partial charge in [0.1, 0.15) is 0 Å². The van der Waals surface area contributed by atoms with Crippen LogP contribution in [0.2, 0.25) is 0 Å².